The monoisotopic (exact) mass is 318 g/mol. The number of aldehydes is 1. The van der Waals surface area contributed by atoms with E-state index in [2.05, 4.69) is 42.5 Å². The summed E-state index contributed by atoms with van der Waals surface area (Å²) in [6, 6.07) is 0. The van der Waals surface area contributed by atoms with Crippen LogP contribution in [0.1, 0.15) is 64.2 Å². The van der Waals surface area contributed by atoms with Gasteiger partial charge in [-0.1, -0.05) is 48.6 Å². The lowest BCUT2D eigenvalue weighted by Crippen LogP contribution is -1.92. The number of rotatable bonds is 15. The van der Waals surface area contributed by atoms with Crippen molar-refractivity contribution in [3.05, 3.63) is 48.6 Å². The molecule has 23 heavy (non-hydrogen) atoms. The summed E-state index contributed by atoms with van der Waals surface area (Å²) in [6.07, 6.45) is 26.5. The summed E-state index contributed by atoms with van der Waals surface area (Å²) in [5.41, 5.74) is 0. The van der Waals surface area contributed by atoms with Gasteiger partial charge < -0.3 is 9.90 Å². The molecule has 0 bridgehead atoms. The van der Waals surface area contributed by atoms with E-state index in [0.29, 0.717) is 12.8 Å². The number of carboxylic acids is 1. The quantitative estimate of drug-likeness (QED) is 0.250. The van der Waals surface area contributed by atoms with Gasteiger partial charge in [-0.2, -0.15) is 0 Å². The molecule has 0 spiro atoms. The van der Waals surface area contributed by atoms with Crippen molar-refractivity contribution >= 4 is 12.3 Å². The molecule has 0 heterocycles. The van der Waals surface area contributed by atoms with Gasteiger partial charge in [-0.05, 0) is 51.4 Å². The van der Waals surface area contributed by atoms with E-state index in [0.717, 1.165) is 51.2 Å². The Morgan fingerprint density at radius 2 is 1.09 bits per heavy atom. The van der Waals surface area contributed by atoms with Gasteiger partial charge in [0.05, 0.1) is 0 Å². The molecule has 0 aliphatic carbocycles. The molecule has 0 saturated carbocycles. The number of allylic oxidation sites excluding steroid dienone is 8. The fraction of sp³-hybridized carbons (Fsp3) is 0.500. The summed E-state index contributed by atoms with van der Waals surface area (Å²) in [4.78, 5) is 20.4. The lowest BCUT2D eigenvalue weighted by molar-refractivity contribution is -0.137. The molecule has 0 aromatic carbocycles. The second-order valence-electron chi connectivity index (χ2n) is 5.33. The van der Waals surface area contributed by atoms with Crippen LogP contribution in [0, 0.1) is 0 Å². The first-order chi connectivity index (χ1) is 11.3. The Bertz CT molecular complexity index is 403. The third-order valence-electron chi connectivity index (χ3n) is 3.19. The molecular weight excluding hydrogens is 288 g/mol. The Hall–Kier alpha value is -1.90. The van der Waals surface area contributed by atoms with E-state index in [4.69, 9.17) is 5.11 Å². The summed E-state index contributed by atoms with van der Waals surface area (Å²) >= 11 is 0. The molecule has 3 heteroatoms. The number of carbonyl (C=O) groups excluding carboxylic acids is 1. The Kier molecular flexibility index (Phi) is 16.7. The number of carbonyl (C=O) groups is 2. The van der Waals surface area contributed by atoms with Gasteiger partial charge >= 0.3 is 5.97 Å². The molecule has 0 aliphatic rings. The van der Waals surface area contributed by atoms with Crippen molar-refractivity contribution in [1.29, 1.82) is 0 Å². The first-order valence-corrected chi connectivity index (χ1v) is 8.52. The molecule has 0 amide bonds. The average Bonchev–Trinajstić information content (AvgIpc) is 2.53. The number of hydrogen-bond donors (Lipinski definition) is 1. The second-order valence-corrected chi connectivity index (χ2v) is 5.33. The largest absolute Gasteiger partial charge is 0.481 e. The van der Waals surface area contributed by atoms with E-state index in [-0.39, 0.29) is 6.42 Å². The van der Waals surface area contributed by atoms with E-state index in [1.807, 2.05) is 6.08 Å². The third kappa shape index (κ3) is 20.1. The third-order valence-corrected chi connectivity index (χ3v) is 3.19. The molecule has 0 aromatic heterocycles. The Labute approximate surface area is 140 Å². The van der Waals surface area contributed by atoms with Crippen LogP contribution in [0.25, 0.3) is 0 Å². The maximum Gasteiger partial charge on any atom is 0.303 e. The smallest absolute Gasteiger partial charge is 0.303 e. The molecule has 0 radical (unpaired) electrons. The normalized spacial score (nSPS) is 12.2. The van der Waals surface area contributed by atoms with Gasteiger partial charge in [0.15, 0.2) is 0 Å². The summed E-state index contributed by atoms with van der Waals surface area (Å²) in [7, 11) is 0. The van der Waals surface area contributed by atoms with Crippen molar-refractivity contribution in [2.24, 2.45) is 0 Å². The second kappa shape index (κ2) is 18.1. The average molecular weight is 318 g/mol. The molecular formula is C20H30O3. The Morgan fingerprint density at radius 1 is 0.652 bits per heavy atom. The van der Waals surface area contributed by atoms with Crippen LogP contribution in [0.4, 0.5) is 0 Å². The van der Waals surface area contributed by atoms with Crippen LogP contribution < -0.4 is 0 Å². The molecule has 0 fully saturated rings. The van der Waals surface area contributed by atoms with Crippen LogP contribution >= 0.6 is 0 Å². The first-order valence-electron chi connectivity index (χ1n) is 8.52. The molecule has 1 N–H and O–H groups in total. The number of aliphatic carboxylic acids is 1. The highest BCUT2D eigenvalue weighted by atomic mass is 16.4. The molecule has 0 aromatic rings. The zero-order chi connectivity index (χ0) is 17.0. The van der Waals surface area contributed by atoms with Gasteiger partial charge in [0.2, 0.25) is 0 Å². The maximum absolute atomic E-state index is 10.3. The van der Waals surface area contributed by atoms with Crippen molar-refractivity contribution in [3.63, 3.8) is 0 Å². The number of unbranched alkanes of at least 4 members (excludes halogenated alkanes) is 4. The summed E-state index contributed by atoms with van der Waals surface area (Å²) < 4.78 is 0. The standard InChI is InChI=1S/C20H30O3/c21-19-17-15-13-11-9-7-5-3-1-2-4-6-8-10-12-14-16-18-20(22)23/h1,3-4,6-7,9-10,12,19H,2,5,8,11,13-18H2,(H,22,23)/b3-1-,6-4-,9-7-,12-10-. The lowest BCUT2D eigenvalue weighted by atomic mass is 10.2. The summed E-state index contributed by atoms with van der Waals surface area (Å²) in [6.45, 7) is 0. The fourth-order valence-electron chi connectivity index (χ4n) is 1.91. The number of hydrogen-bond acceptors (Lipinski definition) is 2. The predicted octanol–water partition coefficient (Wildman–Crippen LogP) is 5.40. The van der Waals surface area contributed by atoms with E-state index >= 15 is 0 Å². The van der Waals surface area contributed by atoms with Gasteiger partial charge in [-0.3, -0.25) is 4.79 Å². The van der Waals surface area contributed by atoms with Crippen LogP contribution in [-0.2, 0) is 9.59 Å². The van der Waals surface area contributed by atoms with Crippen LogP contribution in [0.2, 0.25) is 0 Å². The molecule has 128 valence electrons. The van der Waals surface area contributed by atoms with E-state index in [1.165, 1.54) is 0 Å². The number of carboxylic acid groups (broad SMARTS) is 1. The minimum Gasteiger partial charge on any atom is -0.481 e. The lowest BCUT2D eigenvalue weighted by Gasteiger charge is -1.90. The van der Waals surface area contributed by atoms with Crippen molar-refractivity contribution in [2.75, 3.05) is 0 Å². The molecule has 3 nitrogen and oxygen atoms in total. The van der Waals surface area contributed by atoms with E-state index in [1.54, 1.807) is 0 Å². The first kappa shape index (κ1) is 21.1. The molecule has 0 saturated heterocycles. The van der Waals surface area contributed by atoms with Gasteiger partial charge in [0.25, 0.3) is 0 Å². The highest BCUT2D eigenvalue weighted by Gasteiger charge is 1.92. The predicted molar refractivity (Wildman–Crippen MR) is 96.4 cm³/mol. The van der Waals surface area contributed by atoms with Crippen LogP contribution in [0.3, 0.4) is 0 Å². The van der Waals surface area contributed by atoms with E-state index < -0.39 is 5.97 Å². The summed E-state index contributed by atoms with van der Waals surface area (Å²) in [5, 5.41) is 8.49. The molecule has 0 unspecified atom stereocenters. The summed E-state index contributed by atoms with van der Waals surface area (Å²) in [5.74, 6) is -0.724. The zero-order valence-corrected chi connectivity index (χ0v) is 14.0. The molecule has 0 rings (SSSR count). The minimum atomic E-state index is -0.724. The SMILES string of the molecule is O=CCCCC/C=C\C/C=C\C/C=C\C/C=C\CCCC(=O)O. The van der Waals surface area contributed by atoms with Crippen molar-refractivity contribution < 1.29 is 14.7 Å². The van der Waals surface area contributed by atoms with Crippen molar-refractivity contribution in [2.45, 2.75) is 64.2 Å². The van der Waals surface area contributed by atoms with Crippen LogP contribution in [0.5, 0.6) is 0 Å². The topological polar surface area (TPSA) is 54.4 Å². The molecule has 0 aliphatic heterocycles. The van der Waals surface area contributed by atoms with Gasteiger partial charge in [-0.25, -0.2) is 0 Å². The fourth-order valence-corrected chi connectivity index (χ4v) is 1.91. The van der Waals surface area contributed by atoms with Crippen molar-refractivity contribution in [3.8, 4) is 0 Å². The van der Waals surface area contributed by atoms with Crippen LogP contribution in [-0.4, -0.2) is 17.4 Å². The van der Waals surface area contributed by atoms with Crippen LogP contribution in [0.15, 0.2) is 48.6 Å². The zero-order valence-electron chi connectivity index (χ0n) is 14.0. The Balaban J connectivity index is 3.41. The minimum absolute atomic E-state index is 0.248. The van der Waals surface area contributed by atoms with E-state index in [9.17, 15) is 9.59 Å². The van der Waals surface area contributed by atoms with Gasteiger partial charge in [0.1, 0.15) is 6.29 Å². The van der Waals surface area contributed by atoms with Crippen molar-refractivity contribution in [1.82, 2.24) is 0 Å². The Morgan fingerprint density at radius 3 is 1.57 bits per heavy atom. The highest BCUT2D eigenvalue weighted by Crippen LogP contribution is 2.01. The molecule has 0 atom stereocenters. The maximum atomic E-state index is 10.3. The van der Waals surface area contributed by atoms with Gasteiger partial charge in [0, 0.05) is 12.8 Å². The highest BCUT2D eigenvalue weighted by molar-refractivity contribution is 5.66. The van der Waals surface area contributed by atoms with Gasteiger partial charge in [-0.15, -0.1) is 0 Å².